The van der Waals surface area contributed by atoms with Gasteiger partial charge in [-0.1, -0.05) is 35.3 Å². The Hall–Kier alpha value is -2.44. The third kappa shape index (κ3) is 4.39. The van der Waals surface area contributed by atoms with Crippen molar-refractivity contribution in [1.29, 1.82) is 0 Å². The molecule has 1 N–H and O–H groups in total. The Morgan fingerprint density at radius 1 is 1.23 bits per heavy atom. The van der Waals surface area contributed by atoms with Crippen molar-refractivity contribution in [2.24, 2.45) is 0 Å². The molecule has 0 spiro atoms. The molecule has 26 heavy (non-hydrogen) atoms. The molecule has 0 aliphatic heterocycles. The highest BCUT2D eigenvalue weighted by Gasteiger charge is 2.09. The van der Waals surface area contributed by atoms with Crippen LogP contribution in [-0.4, -0.2) is 35.6 Å². The summed E-state index contributed by atoms with van der Waals surface area (Å²) >= 11 is 12.1. The zero-order valence-electron chi connectivity index (χ0n) is 14.0. The lowest BCUT2D eigenvalue weighted by Crippen LogP contribution is -2.30. The van der Waals surface area contributed by atoms with Gasteiger partial charge < -0.3 is 19.2 Å². The zero-order chi connectivity index (χ0) is 18.5. The second-order valence-electron chi connectivity index (χ2n) is 5.51. The predicted molar refractivity (Wildman–Crippen MR) is 100 cm³/mol. The van der Waals surface area contributed by atoms with Gasteiger partial charge in [-0.2, -0.15) is 0 Å². The van der Waals surface area contributed by atoms with Crippen molar-refractivity contribution >= 4 is 34.8 Å². The van der Waals surface area contributed by atoms with E-state index in [2.05, 4.69) is 10.3 Å². The average Bonchev–Trinajstić information content (AvgIpc) is 3.03. The molecular weight excluding hydrogens is 377 g/mol. The number of carbonyl (C=O) groups is 1. The molecule has 3 rings (SSSR count). The van der Waals surface area contributed by atoms with Gasteiger partial charge in [-0.05, 0) is 18.2 Å². The van der Waals surface area contributed by atoms with Gasteiger partial charge in [0.05, 0.1) is 22.8 Å². The van der Waals surface area contributed by atoms with Crippen LogP contribution < -0.4 is 14.8 Å². The molecule has 1 aromatic carbocycles. The first kappa shape index (κ1) is 18.4. The number of amides is 1. The number of hydrogen-bond donors (Lipinski definition) is 1. The number of halogens is 2. The van der Waals surface area contributed by atoms with Gasteiger partial charge in [0.25, 0.3) is 5.91 Å². The number of nitrogens with one attached hydrogen (secondary N) is 1. The summed E-state index contributed by atoms with van der Waals surface area (Å²) in [6.45, 7) is 0.344. The van der Waals surface area contributed by atoms with Gasteiger partial charge in [0.1, 0.15) is 0 Å². The van der Waals surface area contributed by atoms with Gasteiger partial charge in [0.2, 0.25) is 0 Å². The molecule has 0 saturated heterocycles. The van der Waals surface area contributed by atoms with E-state index in [9.17, 15) is 4.79 Å². The molecule has 6 nitrogen and oxygen atoms in total. The fourth-order valence-electron chi connectivity index (χ4n) is 2.46. The summed E-state index contributed by atoms with van der Waals surface area (Å²) in [7, 11) is 1.55. The van der Waals surface area contributed by atoms with Crippen molar-refractivity contribution in [2.75, 3.05) is 20.3 Å². The second kappa shape index (κ2) is 8.29. The van der Waals surface area contributed by atoms with E-state index in [0.29, 0.717) is 40.2 Å². The number of rotatable bonds is 7. The van der Waals surface area contributed by atoms with Crippen LogP contribution in [0.4, 0.5) is 0 Å². The smallest absolute Gasteiger partial charge is 0.257 e. The van der Waals surface area contributed by atoms with Crippen LogP contribution in [0.25, 0.3) is 5.65 Å². The number of hydrogen-bond acceptors (Lipinski definition) is 4. The van der Waals surface area contributed by atoms with Crippen LogP contribution in [0.2, 0.25) is 10.0 Å². The molecule has 0 aliphatic rings. The topological polar surface area (TPSA) is 64.9 Å². The minimum absolute atomic E-state index is 0.0903. The number of ether oxygens (including phenoxy) is 2. The standard InChI is InChI=1S/C18H17Cl2N3O3/c1-25-15-4-2-3-5-16(15)26-11-17(24)21-7-6-13-10-23-9-12(19)8-14(20)18(23)22-13/h2-5,8-10H,6-7,11H2,1H3,(H,21,24). The molecule has 0 unspecified atom stereocenters. The summed E-state index contributed by atoms with van der Waals surface area (Å²) in [6, 6.07) is 8.81. The van der Waals surface area contributed by atoms with Crippen molar-refractivity contribution in [2.45, 2.75) is 6.42 Å². The Balaban J connectivity index is 1.50. The quantitative estimate of drug-likeness (QED) is 0.667. The first-order valence-electron chi connectivity index (χ1n) is 7.92. The average molecular weight is 394 g/mol. The summed E-state index contributed by atoms with van der Waals surface area (Å²) in [5.41, 5.74) is 1.44. The van der Waals surface area contributed by atoms with Crippen LogP contribution in [0.3, 0.4) is 0 Å². The van der Waals surface area contributed by atoms with Gasteiger partial charge in [-0.15, -0.1) is 0 Å². The van der Waals surface area contributed by atoms with E-state index >= 15 is 0 Å². The monoisotopic (exact) mass is 393 g/mol. The van der Waals surface area contributed by atoms with Crippen LogP contribution in [0.5, 0.6) is 11.5 Å². The molecule has 0 atom stereocenters. The normalized spacial score (nSPS) is 10.7. The number of aromatic nitrogens is 2. The number of fused-ring (bicyclic) bond motifs is 1. The third-order valence-corrected chi connectivity index (χ3v) is 4.14. The van der Waals surface area contributed by atoms with Crippen LogP contribution in [-0.2, 0) is 11.2 Å². The highest BCUT2D eigenvalue weighted by Crippen LogP contribution is 2.25. The van der Waals surface area contributed by atoms with E-state index in [0.717, 1.165) is 5.69 Å². The molecule has 8 heteroatoms. The summed E-state index contributed by atoms with van der Waals surface area (Å²) in [5.74, 6) is 0.887. The lowest BCUT2D eigenvalue weighted by Gasteiger charge is -2.10. The third-order valence-electron chi connectivity index (χ3n) is 3.65. The van der Waals surface area contributed by atoms with Crippen molar-refractivity contribution in [1.82, 2.24) is 14.7 Å². The SMILES string of the molecule is COc1ccccc1OCC(=O)NCCc1cn2cc(Cl)cc(Cl)c2n1. The van der Waals surface area contributed by atoms with Gasteiger partial charge >= 0.3 is 0 Å². The Kier molecular flexibility index (Phi) is 5.85. The molecule has 0 fully saturated rings. The van der Waals surface area contributed by atoms with Crippen molar-refractivity contribution < 1.29 is 14.3 Å². The molecule has 0 saturated carbocycles. The number of nitrogens with zero attached hydrogens (tertiary/aromatic N) is 2. The van der Waals surface area contributed by atoms with Crippen molar-refractivity contribution in [3.63, 3.8) is 0 Å². The van der Waals surface area contributed by atoms with Crippen LogP contribution in [0.15, 0.2) is 42.7 Å². The van der Waals surface area contributed by atoms with Gasteiger partial charge in [-0.3, -0.25) is 4.79 Å². The maximum absolute atomic E-state index is 11.9. The lowest BCUT2D eigenvalue weighted by atomic mass is 10.3. The fraction of sp³-hybridized carbons (Fsp3) is 0.222. The Labute approximate surface area is 160 Å². The maximum Gasteiger partial charge on any atom is 0.257 e. The Morgan fingerprint density at radius 2 is 2.00 bits per heavy atom. The Morgan fingerprint density at radius 3 is 2.77 bits per heavy atom. The maximum atomic E-state index is 11.9. The minimum atomic E-state index is -0.222. The number of carbonyl (C=O) groups excluding carboxylic acids is 1. The first-order chi connectivity index (χ1) is 12.6. The molecular formula is C18H17Cl2N3O3. The summed E-state index contributed by atoms with van der Waals surface area (Å²) in [5, 5.41) is 3.82. The van der Waals surface area contributed by atoms with Crippen LogP contribution in [0, 0.1) is 0 Å². The Bertz CT molecular complexity index is 927. The van der Waals surface area contributed by atoms with Crippen LogP contribution in [0.1, 0.15) is 5.69 Å². The van der Waals surface area contributed by atoms with Crippen LogP contribution >= 0.6 is 23.2 Å². The number of imidazole rings is 1. The van der Waals surface area contributed by atoms with Gasteiger partial charge in [0.15, 0.2) is 23.8 Å². The number of pyridine rings is 1. The molecule has 1 amide bonds. The number of benzene rings is 1. The molecule has 3 aromatic rings. The van der Waals surface area contributed by atoms with Gasteiger partial charge in [0, 0.05) is 25.4 Å². The van der Waals surface area contributed by atoms with E-state index in [-0.39, 0.29) is 12.5 Å². The zero-order valence-corrected chi connectivity index (χ0v) is 15.5. The summed E-state index contributed by atoms with van der Waals surface area (Å²) in [4.78, 5) is 16.4. The highest BCUT2D eigenvalue weighted by molar-refractivity contribution is 6.36. The first-order valence-corrected chi connectivity index (χ1v) is 8.67. The van der Waals surface area contributed by atoms with Crippen molar-refractivity contribution in [3.05, 3.63) is 58.5 Å². The lowest BCUT2D eigenvalue weighted by molar-refractivity contribution is -0.123. The highest BCUT2D eigenvalue weighted by atomic mass is 35.5. The molecule has 2 aromatic heterocycles. The molecule has 136 valence electrons. The van der Waals surface area contributed by atoms with E-state index in [1.165, 1.54) is 0 Å². The van der Waals surface area contributed by atoms with E-state index in [4.69, 9.17) is 32.7 Å². The fourth-order valence-corrected chi connectivity index (χ4v) is 2.99. The molecule has 0 aliphatic carbocycles. The number of methoxy groups -OCH3 is 1. The molecule has 0 bridgehead atoms. The minimum Gasteiger partial charge on any atom is -0.493 e. The largest absolute Gasteiger partial charge is 0.493 e. The van der Waals surface area contributed by atoms with Gasteiger partial charge in [-0.25, -0.2) is 4.98 Å². The van der Waals surface area contributed by atoms with E-state index < -0.39 is 0 Å². The predicted octanol–water partition coefficient (Wildman–Crippen LogP) is 3.39. The number of para-hydroxylation sites is 2. The summed E-state index contributed by atoms with van der Waals surface area (Å²) in [6.07, 6.45) is 4.14. The van der Waals surface area contributed by atoms with E-state index in [1.54, 1.807) is 35.9 Å². The molecule has 0 radical (unpaired) electrons. The van der Waals surface area contributed by atoms with E-state index in [1.807, 2.05) is 18.3 Å². The second-order valence-corrected chi connectivity index (χ2v) is 6.35. The summed E-state index contributed by atoms with van der Waals surface area (Å²) < 4.78 is 12.4. The molecule has 2 heterocycles. The van der Waals surface area contributed by atoms with Crippen molar-refractivity contribution in [3.8, 4) is 11.5 Å².